The number of nitrogens with zero attached hydrogens (tertiary/aromatic N) is 2. The number of aliphatic hydroxyl groups is 1. The molecule has 1 amide bonds. The van der Waals surface area contributed by atoms with E-state index < -0.39 is 28.3 Å². The Balaban J connectivity index is 1.52. The molecule has 2 N–H and O–H groups in total. The molecule has 39 heavy (non-hydrogen) atoms. The van der Waals surface area contributed by atoms with Crippen molar-refractivity contribution in [3.05, 3.63) is 89.7 Å². The van der Waals surface area contributed by atoms with E-state index in [1.54, 1.807) is 36.7 Å². The molecule has 1 aromatic heterocycles. The minimum atomic E-state index is -3.93. The van der Waals surface area contributed by atoms with Gasteiger partial charge in [-0.2, -0.15) is 4.31 Å². The third kappa shape index (κ3) is 7.78. The first-order valence-electron chi connectivity index (χ1n) is 13.0. The first kappa shape index (κ1) is 28.5. The number of rotatable bonds is 12. The summed E-state index contributed by atoms with van der Waals surface area (Å²) in [5, 5.41) is 14.1. The van der Waals surface area contributed by atoms with Crippen LogP contribution < -0.4 is 10.1 Å². The quantitative estimate of drug-likeness (QED) is 0.352. The zero-order chi connectivity index (χ0) is 27.8. The van der Waals surface area contributed by atoms with E-state index in [0.29, 0.717) is 18.8 Å². The van der Waals surface area contributed by atoms with Crippen molar-refractivity contribution < 1.29 is 27.8 Å². The average Bonchev–Trinajstić information content (AvgIpc) is 3.40. The Morgan fingerprint density at radius 1 is 1.10 bits per heavy atom. The van der Waals surface area contributed by atoms with Crippen molar-refractivity contribution in [2.75, 3.05) is 19.7 Å². The second kappa shape index (κ2) is 13.1. The molecule has 9 nitrogen and oxygen atoms in total. The molecular formula is C29H35N3O6S. The topological polar surface area (TPSA) is 118 Å². The van der Waals surface area contributed by atoms with Crippen LogP contribution >= 0.6 is 0 Å². The highest BCUT2D eigenvalue weighted by molar-refractivity contribution is 7.89. The molecule has 208 valence electrons. The minimum absolute atomic E-state index is 0.00900. The fourth-order valence-corrected chi connectivity index (χ4v) is 6.14. The van der Waals surface area contributed by atoms with E-state index in [0.717, 1.165) is 16.7 Å². The zero-order valence-corrected chi connectivity index (χ0v) is 23.0. The van der Waals surface area contributed by atoms with Gasteiger partial charge in [-0.05, 0) is 47.7 Å². The normalized spacial score (nSPS) is 14.5. The second-order valence-electron chi connectivity index (χ2n) is 10.0. The lowest BCUT2D eigenvalue weighted by molar-refractivity contribution is 0.0873. The maximum Gasteiger partial charge on any atom is 0.407 e. The lowest BCUT2D eigenvalue weighted by Crippen LogP contribution is -2.51. The van der Waals surface area contributed by atoms with Crippen molar-refractivity contribution in [2.24, 2.45) is 5.92 Å². The average molecular weight is 554 g/mol. The van der Waals surface area contributed by atoms with Crippen LogP contribution in [0.15, 0.2) is 78.0 Å². The first-order valence-corrected chi connectivity index (χ1v) is 14.5. The molecule has 0 saturated heterocycles. The number of hydrogen-bond donors (Lipinski definition) is 2. The standard InChI is InChI=1S/C29H35N3O6S/c1-21(2)18-32(39(35,36)25-10-11-28-24(16-25)12-14-37-28)19-27(33)26(15-22-7-4-3-5-8-22)31-29(34)38-20-23-9-6-13-30-17-23/h3-11,13,16-17,21,26-27,33H,12,14-15,18-20H2,1-2H3,(H,31,34)/t26?,27-/m1/s1. The Hall–Kier alpha value is -3.47. The number of benzene rings is 2. The van der Waals surface area contributed by atoms with Crippen LogP contribution in [0.25, 0.3) is 0 Å². The van der Waals surface area contributed by atoms with Gasteiger partial charge in [-0.15, -0.1) is 0 Å². The van der Waals surface area contributed by atoms with E-state index in [1.807, 2.05) is 44.2 Å². The molecule has 0 bridgehead atoms. The van der Waals surface area contributed by atoms with Crippen LogP contribution in [0.5, 0.6) is 5.75 Å². The third-order valence-corrected chi connectivity index (χ3v) is 8.24. The minimum Gasteiger partial charge on any atom is -0.493 e. The molecule has 0 aliphatic carbocycles. The highest BCUT2D eigenvalue weighted by Gasteiger charge is 2.32. The molecule has 1 unspecified atom stereocenters. The summed E-state index contributed by atoms with van der Waals surface area (Å²) in [7, 11) is -3.93. The van der Waals surface area contributed by atoms with E-state index in [1.165, 1.54) is 10.4 Å². The van der Waals surface area contributed by atoms with Crippen molar-refractivity contribution in [1.82, 2.24) is 14.6 Å². The molecule has 2 atom stereocenters. The number of hydrogen-bond acceptors (Lipinski definition) is 7. The van der Waals surface area contributed by atoms with E-state index in [4.69, 9.17) is 9.47 Å². The fraction of sp³-hybridized carbons (Fsp3) is 0.379. The van der Waals surface area contributed by atoms with Crippen LogP contribution in [-0.4, -0.2) is 60.7 Å². The van der Waals surface area contributed by atoms with Crippen molar-refractivity contribution >= 4 is 16.1 Å². The van der Waals surface area contributed by atoms with E-state index in [2.05, 4.69) is 10.3 Å². The Morgan fingerprint density at radius 3 is 2.59 bits per heavy atom. The molecule has 3 aromatic rings. The summed E-state index contributed by atoms with van der Waals surface area (Å²) in [5.74, 6) is 0.705. The lowest BCUT2D eigenvalue weighted by Gasteiger charge is -2.30. The van der Waals surface area contributed by atoms with E-state index in [9.17, 15) is 18.3 Å². The molecule has 0 radical (unpaired) electrons. The van der Waals surface area contributed by atoms with Crippen LogP contribution in [0.2, 0.25) is 0 Å². The Labute approximate surface area is 229 Å². The number of carbonyl (C=O) groups excluding carboxylic acids is 1. The summed E-state index contributed by atoms with van der Waals surface area (Å²) in [4.78, 5) is 16.9. The van der Waals surface area contributed by atoms with Gasteiger partial charge in [-0.3, -0.25) is 4.98 Å². The van der Waals surface area contributed by atoms with Gasteiger partial charge in [0.25, 0.3) is 0 Å². The highest BCUT2D eigenvalue weighted by atomic mass is 32.2. The molecule has 2 heterocycles. The largest absolute Gasteiger partial charge is 0.493 e. The molecule has 10 heteroatoms. The number of pyridine rings is 1. The van der Waals surface area contributed by atoms with E-state index >= 15 is 0 Å². The SMILES string of the molecule is CC(C)CN(C[C@@H](O)C(Cc1ccccc1)NC(=O)OCc1cccnc1)S(=O)(=O)c1ccc2c(c1)CCO2. The van der Waals surface area contributed by atoms with Crippen LogP contribution in [0.1, 0.15) is 30.5 Å². The summed E-state index contributed by atoms with van der Waals surface area (Å²) >= 11 is 0. The number of alkyl carbamates (subject to hydrolysis) is 1. The maximum atomic E-state index is 13.7. The Bertz CT molecular complexity index is 1340. The van der Waals surface area contributed by atoms with Crippen LogP contribution in [0, 0.1) is 5.92 Å². The Morgan fingerprint density at radius 2 is 1.87 bits per heavy atom. The van der Waals surface area contributed by atoms with Gasteiger partial charge in [-0.1, -0.05) is 50.2 Å². The summed E-state index contributed by atoms with van der Waals surface area (Å²) in [6.45, 7) is 4.38. The van der Waals surface area contributed by atoms with Crippen molar-refractivity contribution in [2.45, 2.75) is 50.3 Å². The first-order chi connectivity index (χ1) is 18.7. The smallest absolute Gasteiger partial charge is 0.407 e. The molecule has 1 aliphatic heterocycles. The number of nitrogens with one attached hydrogen (secondary N) is 1. The number of aliphatic hydroxyl groups excluding tert-OH is 1. The summed E-state index contributed by atoms with van der Waals surface area (Å²) in [5.41, 5.74) is 2.45. The summed E-state index contributed by atoms with van der Waals surface area (Å²) < 4.78 is 39.6. The number of amides is 1. The van der Waals surface area contributed by atoms with Gasteiger partial charge in [0.05, 0.1) is 23.6 Å². The molecule has 0 fully saturated rings. The van der Waals surface area contributed by atoms with Crippen LogP contribution in [0.4, 0.5) is 4.79 Å². The van der Waals surface area contributed by atoms with Gasteiger partial charge in [-0.25, -0.2) is 13.2 Å². The molecule has 0 saturated carbocycles. The van der Waals surface area contributed by atoms with Crippen LogP contribution in [-0.2, 0) is 34.2 Å². The predicted molar refractivity (Wildman–Crippen MR) is 147 cm³/mol. The lowest BCUT2D eigenvalue weighted by atomic mass is 10.0. The molecule has 0 spiro atoms. The second-order valence-corrected chi connectivity index (χ2v) is 12.0. The molecule has 1 aliphatic rings. The Kier molecular flexibility index (Phi) is 9.55. The number of carbonyl (C=O) groups is 1. The summed E-state index contributed by atoms with van der Waals surface area (Å²) in [6, 6.07) is 17.0. The number of aromatic nitrogens is 1. The van der Waals surface area contributed by atoms with Gasteiger partial charge in [0.1, 0.15) is 12.4 Å². The van der Waals surface area contributed by atoms with Crippen LogP contribution in [0.3, 0.4) is 0 Å². The van der Waals surface area contributed by atoms with Gasteiger partial charge in [0.15, 0.2) is 0 Å². The number of sulfonamides is 1. The molecular weight excluding hydrogens is 518 g/mol. The molecule has 2 aromatic carbocycles. The van der Waals surface area contributed by atoms with Gasteiger partial charge in [0.2, 0.25) is 10.0 Å². The highest BCUT2D eigenvalue weighted by Crippen LogP contribution is 2.29. The van der Waals surface area contributed by atoms with Gasteiger partial charge >= 0.3 is 6.09 Å². The summed E-state index contributed by atoms with van der Waals surface area (Å²) in [6.07, 6.45) is 2.25. The number of fused-ring (bicyclic) bond motifs is 1. The fourth-order valence-electron chi connectivity index (χ4n) is 4.46. The maximum absolute atomic E-state index is 13.7. The van der Waals surface area contributed by atoms with Crippen molar-refractivity contribution in [1.29, 1.82) is 0 Å². The monoisotopic (exact) mass is 553 g/mol. The predicted octanol–water partition coefficient (Wildman–Crippen LogP) is 3.56. The van der Waals surface area contributed by atoms with Crippen molar-refractivity contribution in [3.8, 4) is 5.75 Å². The molecule has 4 rings (SSSR count). The number of ether oxygens (including phenoxy) is 2. The van der Waals surface area contributed by atoms with Crippen molar-refractivity contribution in [3.63, 3.8) is 0 Å². The van der Waals surface area contributed by atoms with E-state index in [-0.39, 0.29) is 36.9 Å². The van der Waals surface area contributed by atoms with Gasteiger partial charge in [0, 0.05) is 37.5 Å². The third-order valence-electron chi connectivity index (χ3n) is 6.42. The van der Waals surface area contributed by atoms with Gasteiger partial charge < -0.3 is 19.9 Å². The zero-order valence-electron chi connectivity index (χ0n) is 22.2.